The molecule has 0 aliphatic carbocycles. The summed E-state index contributed by atoms with van der Waals surface area (Å²) in [6.07, 6.45) is 4.91. The second-order valence-corrected chi connectivity index (χ2v) is 8.06. The maximum atomic E-state index is 12.2. The maximum Gasteiger partial charge on any atom is 0.251 e. The van der Waals surface area contributed by atoms with E-state index in [1.807, 2.05) is 31.2 Å². The number of carbonyl (C=O) groups excluding carboxylic acids is 1. The highest BCUT2D eigenvalue weighted by atomic mass is 16.5. The summed E-state index contributed by atoms with van der Waals surface area (Å²) in [5.41, 5.74) is 1.57. The number of hydrogen-bond donors (Lipinski definition) is 1. The molecule has 0 saturated carbocycles. The number of amides is 1. The van der Waals surface area contributed by atoms with Gasteiger partial charge in [-0.05, 0) is 70.9 Å². The highest BCUT2D eigenvalue weighted by Gasteiger charge is 2.28. The number of rotatable bonds is 6. The van der Waals surface area contributed by atoms with Crippen LogP contribution in [0.5, 0.6) is 5.75 Å². The number of ether oxygens (including phenoxy) is 1. The Morgan fingerprint density at radius 1 is 1.19 bits per heavy atom. The van der Waals surface area contributed by atoms with Gasteiger partial charge in [-0.1, -0.05) is 18.2 Å². The van der Waals surface area contributed by atoms with Crippen molar-refractivity contribution in [3.63, 3.8) is 0 Å². The van der Waals surface area contributed by atoms with Crippen LogP contribution < -0.4 is 10.1 Å². The molecule has 5 heteroatoms. The molecule has 2 aliphatic heterocycles. The molecular formula is C22H33N3O2. The molecule has 0 atom stereocenters. The molecule has 2 heterocycles. The van der Waals surface area contributed by atoms with E-state index in [-0.39, 0.29) is 12.0 Å². The fourth-order valence-electron chi connectivity index (χ4n) is 3.96. The van der Waals surface area contributed by atoms with Gasteiger partial charge in [0.05, 0.1) is 0 Å². The van der Waals surface area contributed by atoms with Crippen molar-refractivity contribution >= 4 is 5.91 Å². The van der Waals surface area contributed by atoms with Crippen LogP contribution in [0.15, 0.2) is 36.4 Å². The lowest BCUT2D eigenvalue weighted by Crippen LogP contribution is -2.48. The molecular weight excluding hydrogens is 338 g/mol. The molecule has 1 amide bonds. The van der Waals surface area contributed by atoms with E-state index in [9.17, 15) is 4.79 Å². The van der Waals surface area contributed by atoms with Crippen LogP contribution in [0.2, 0.25) is 0 Å². The van der Waals surface area contributed by atoms with Gasteiger partial charge < -0.3 is 19.9 Å². The molecule has 148 valence electrons. The molecule has 1 aromatic rings. The van der Waals surface area contributed by atoms with E-state index in [1.165, 1.54) is 25.9 Å². The number of carbonyl (C=O) groups is 1. The summed E-state index contributed by atoms with van der Waals surface area (Å²) in [5, 5.41) is 2.87. The van der Waals surface area contributed by atoms with Crippen molar-refractivity contribution in [3.05, 3.63) is 42.0 Å². The number of likely N-dealkylation sites (tertiary alicyclic amines) is 2. The van der Waals surface area contributed by atoms with Gasteiger partial charge in [0.2, 0.25) is 0 Å². The van der Waals surface area contributed by atoms with Crippen LogP contribution in [0.25, 0.3) is 0 Å². The first kappa shape index (κ1) is 19.9. The predicted octanol–water partition coefficient (Wildman–Crippen LogP) is 2.93. The van der Waals surface area contributed by atoms with Gasteiger partial charge in [0, 0.05) is 31.2 Å². The summed E-state index contributed by atoms with van der Waals surface area (Å²) in [4.78, 5) is 17.3. The zero-order chi connectivity index (χ0) is 19.2. The van der Waals surface area contributed by atoms with Crippen molar-refractivity contribution in [3.8, 4) is 5.75 Å². The summed E-state index contributed by atoms with van der Waals surface area (Å²) >= 11 is 0. The van der Waals surface area contributed by atoms with Crippen molar-refractivity contribution in [2.45, 2.75) is 44.8 Å². The van der Waals surface area contributed by atoms with E-state index >= 15 is 0 Å². The lowest BCUT2D eigenvalue weighted by atomic mass is 9.99. The van der Waals surface area contributed by atoms with Gasteiger partial charge >= 0.3 is 0 Å². The largest absolute Gasteiger partial charge is 0.490 e. The second-order valence-electron chi connectivity index (χ2n) is 8.06. The van der Waals surface area contributed by atoms with Crippen molar-refractivity contribution in [2.24, 2.45) is 0 Å². The third-order valence-electron chi connectivity index (χ3n) is 5.63. The van der Waals surface area contributed by atoms with Crippen LogP contribution in [0, 0.1) is 0 Å². The number of piperidine rings is 2. The van der Waals surface area contributed by atoms with E-state index in [1.54, 1.807) is 0 Å². The van der Waals surface area contributed by atoms with Gasteiger partial charge in [-0.15, -0.1) is 0 Å². The van der Waals surface area contributed by atoms with Crippen LogP contribution >= 0.6 is 0 Å². The van der Waals surface area contributed by atoms with Crippen molar-refractivity contribution in [1.29, 1.82) is 0 Å². The number of nitrogens with one attached hydrogen (secondary N) is 1. The Morgan fingerprint density at radius 2 is 1.89 bits per heavy atom. The molecule has 0 unspecified atom stereocenters. The lowest BCUT2D eigenvalue weighted by molar-refractivity contribution is 0.0525. The summed E-state index contributed by atoms with van der Waals surface area (Å²) < 4.78 is 6.19. The average molecular weight is 372 g/mol. The van der Waals surface area contributed by atoms with E-state index in [2.05, 4.69) is 28.7 Å². The smallest absolute Gasteiger partial charge is 0.251 e. The minimum absolute atomic E-state index is 0.0828. The molecule has 0 radical (unpaired) electrons. The highest BCUT2D eigenvalue weighted by Crippen LogP contribution is 2.24. The monoisotopic (exact) mass is 371 g/mol. The quantitative estimate of drug-likeness (QED) is 0.781. The Kier molecular flexibility index (Phi) is 6.91. The summed E-state index contributed by atoms with van der Waals surface area (Å²) in [7, 11) is 2.21. The van der Waals surface area contributed by atoms with Crippen LogP contribution in [0.3, 0.4) is 0 Å². The zero-order valence-electron chi connectivity index (χ0n) is 16.7. The van der Waals surface area contributed by atoms with E-state index in [4.69, 9.17) is 4.74 Å². The highest BCUT2D eigenvalue weighted by molar-refractivity contribution is 5.94. The molecule has 0 aromatic heterocycles. The van der Waals surface area contributed by atoms with Gasteiger partial charge in [-0.25, -0.2) is 0 Å². The third kappa shape index (κ3) is 5.81. The fraction of sp³-hybridized carbons (Fsp3) is 0.591. The standard InChI is InChI=1S/C22H33N3O2/c1-17(2)16-23-22(26)18-5-4-6-21(15-18)27-20-9-13-25(14-10-20)19-7-11-24(3)12-8-19/h4-6,15,19-20H,1,7-14,16H2,2-3H3,(H,23,26). The van der Waals surface area contributed by atoms with Crippen molar-refractivity contribution in [2.75, 3.05) is 39.8 Å². The second kappa shape index (κ2) is 9.38. The predicted molar refractivity (Wildman–Crippen MR) is 109 cm³/mol. The summed E-state index contributed by atoms with van der Waals surface area (Å²) in [5.74, 6) is 0.705. The minimum atomic E-state index is -0.0828. The SMILES string of the molecule is C=C(C)CNC(=O)c1cccc(OC2CCN(C3CCN(C)CC3)CC2)c1. The van der Waals surface area contributed by atoms with Crippen LogP contribution in [-0.4, -0.2) is 67.6 Å². The average Bonchev–Trinajstić information content (AvgIpc) is 2.67. The zero-order valence-corrected chi connectivity index (χ0v) is 16.7. The van der Waals surface area contributed by atoms with Crippen LogP contribution in [0.1, 0.15) is 43.0 Å². The normalized spacial score (nSPS) is 20.4. The number of benzene rings is 1. The van der Waals surface area contributed by atoms with Gasteiger partial charge in [-0.2, -0.15) is 0 Å². The van der Waals surface area contributed by atoms with E-state index in [0.29, 0.717) is 12.1 Å². The summed E-state index contributed by atoms with van der Waals surface area (Å²) in [6.45, 7) is 10.9. The first-order valence-electron chi connectivity index (χ1n) is 10.1. The lowest BCUT2D eigenvalue weighted by Gasteiger charge is -2.41. The fourth-order valence-corrected chi connectivity index (χ4v) is 3.96. The van der Waals surface area contributed by atoms with Crippen molar-refractivity contribution < 1.29 is 9.53 Å². The number of hydrogen-bond acceptors (Lipinski definition) is 4. The Morgan fingerprint density at radius 3 is 2.56 bits per heavy atom. The van der Waals surface area contributed by atoms with Crippen LogP contribution in [0.4, 0.5) is 0 Å². The molecule has 2 aliphatic rings. The Balaban J connectivity index is 1.48. The van der Waals surface area contributed by atoms with Crippen molar-refractivity contribution in [1.82, 2.24) is 15.1 Å². The molecule has 0 spiro atoms. The molecule has 2 saturated heterocycles. The first-order chi connectivity index (χ1) is 13.0. The van der Waals surface area contributed by atoms with Gasteiger partial charge in [0.1, 0.15) is 11.9 Å². The Hall–Kier alpha value is -1.85. The molecule has 5 nitrogen and oxygen atoms in total. The molecule has 0 bridgehead atoms. The van der Waals surface area contributed by atoms with E-state index in [0.717, 1.165) is 43.3 Å². The maximum absolute atomic E-state index is 12.2. The molecule has 2 fully saturated rings. The Bertz CT molecular complexity index is 645. The summed E-state index contributed by atoms with van der Waals surface area (Å²) in [6, 6.07) is 8.24. The van der Waals surface area contributed by atoms with Gasteiger partial charge in [0.25, 0.3) is 5.91 Å². The first-order valence-corrected chi connectivity index (χ1v) is 10.1. The van der Waals surface area contributed by atoms with Gasteiger partial charge in [0.15, 0.2) is 0 Å². The Labute approximate surface area is 163 Å². The van der Waals surface area contributed by atoms with Crippen LogP contribution in [-0.2, 0) is 0 Å². The minimum Gasteiger partial charge on any atom is -0.490 e. The molecule has 1 N–H and O–H groups in total. The van der Waals surface area contributed by atoms with Gasteiger partial charge in [-0.3, -0.25) is 4.79 Å². The van der Waals surface area contributed by atoms with E-state index < -0.39 is 0 Å². The molecule has 27 heavy (non-hydrogen) atoms. The molecule has 3 rings (SSSR count). The third-order valence-corrected chi connectivity index (χ3v) is 5.63. The number of nitrogens with zero attached hydrogens (tertiary/aromatic N) is 2. The molecule has 1 aromatic carbocycles. The topological polar surface area (TPSA) is 44.8 Å².